The molecular formula is C49H67N5O8S. The van der Waals surface area contributed by atoms with Gasteiger partial charge >= 0.3 is 5.97 Å². The average Bonchev–Trinajstić information content (AvgIpc) is 3.77. The molecule has 3 aromatic carbocycles. The lowest BCUT2D eigenvalue weighted by molar-refractivity contribution is -0.117. The fourth-order valence-corrected chi connectivity index (χ4v) is 9.29. The number of benzene rings is 3. The fraction of sp³-hybridized carbons (Fsp3) is 0.510. The Labute approximate surface area is 374 Å². The first kappa shape index (κ1) is 48.7. The number of fused-ring (bicyclic) bond motifs is 1. The van der Waals surface area contributed by atoms with E-state index in [-0.39, 0.29) is 28.7 Å². The van der Waals surface area contributed by atoms with E-state index in [0.717, 1.165) is 37.0 Å². The van der Waals surface area contributed by atoms with Crippen molar-refractivity contribution in [1.82, 2.24) is 13.9 Å². The number of anilines is 1. The van der Waals surface area contributed by atoms with Crippen molar-refractivity contribution in [3.8, 4) is 17.2 Å². The Balaban J connectivity index is 1.26. The van der Waals surface area contributed by atoms with Crippen LogP contribution in [0.15, 0.2) is 89.1 Å². The standard InChI is InChI=1S/C49H67N5O8S/c1-5-6-7-8-9-10-11-12-13-14-15-16-17-18-19-22-32-54-47(51-41-24-20-21-25-45(41)63(54,57)58)46(53-36-43(50-37-53)49(56)60-4)48(55)52-42-35-38(2)26-31-44(42)62-34-23-33-61-40-29-27-39(59-3)28-30-40/h20-21,24-31,35-37,46H,5-19,22-23,32-34H2,1-4H3,(H,52,55). The van der Waals surface area contributed by atoms with Crippen LogP contribution in [-0.2, 0) is 19.6 Å². The number of unbranched alkanes of at least 4 members (excludes halogenated alkanes) is 15. The Hall–Kier alpha value is -5.37. The summed E-state index contributed by atoms with van der Waals surface area (Å²) in [5.74, 6) is 0.556. The number of aromatic nitrogens is 2. The summed E-state index contributed by atoms with van der Waals surface area (Å²) in [7, 11) is -1.28. The van der Waals surface area contributed by atoms with E-state index in [1.807, 2.05) is 37.3 Å². The van der Waals surface area contributed by atoms with Gasteiger partial charge in [-0.3, -0.25) is 9.10 Å². The molecule has 0 spiro atoms. The molecule has 2 heterocycles. The van der Waals surface area contributed by atoms with E-state index in [2.05, 4.69) is 17.2 Å². The minimum Gasteiger partial charge on any atom is -0.497 e. The van der Waals surface area contributed by atoms with Gasteiger partial charge in [-0.15, -0.1) is 0 Å². The lowest BCUT2D eigenvalue weighted by Gasteiger charge is -2.33. The summed E-state index contributed by atoms with van der Waals surface area (Å²) in [5, 5.41) is 3.00. The minimum absolute atomic E-state index is 0.00761. The number of esters is 1. The number of amidine groups is 1. The van der Waals surface area contributed by atoms with E-state index in [4.69, 9.17) is 23.9 Å². The Morgan fingerprint density at radius 3 is 1.97 bits per heavy atom. The van der Waals surface area contributed by atoms with Gasteiger partial charge in [0.2, 0.25) is 0 Å². The monoisotopic (exact) mass is 885 g/mol. The first-order valence-electron chi connectivity index (χ1n) is 22.8. The summed E-state index contributed by atoms with van der Waals surface area (Å²) in [5.41, 5.74) is 1.43. The molecule has 1 N–H and O–H groups in total. The van der Waals surface area contributed by atoms with Crippen molar-refractivity contribution in [2.75, 3.05) is 39.3 Å². The van der Waals surface area contributed by atoms with Crippen LogP contribution in [-0.4, -0.2) is 74.0 Å². The molecule has 1 aliphatic rings. The second-order valence-corrected chi connectivity index (χ2v) is 18.0. The molecule has 5 rings (SSSR count). The van der Waals surface area contributed by atoms with Gasteiger partial charge in [0.25, 0.3) is 15.9 Å². The summed E-state index contributed by atoms with van der Waals surface area (Å²) in [6.07, 6.45) is 22.4. The maximum absolute atomic E-state index is 14.7. The summed E-state index contributed by atoms with van der Waals surface area (Å²) < 4.78 is 53.7. The molecule has 4 aromatic rings. The van der Waals surface area contributed by atoms with Crippen molar-refractivity contribution < 1.29 is 37.0 Å². The van der Waals surface area contributed by atoms with Gasteiger partial charge < -0.3 is 28.8 Å². The maximum Gasteiger partial charge on any atom is 0.358 e. The van der Waals surface area contributed by atoms with E-state index in [9.17, 15) is 18.0 Å². The zero-order valence-electron chi connectivity index (χ0n) is 37.7. The molecule has 0 saturated carbocycles. The number of rotatable bonds is 29. The van der Waals surface area contributed by atoms with E-state index >= 15 is 0 Å². The van der Waals surface area contributed by atoms with E-state index in [1.165, 1.54) is 105 Å². The molecule has 1 atom stereocenters. The number of nitrogens with one attached hydrogen (secondary N) is 1. The molecule has 0 radical (unpaired) electrons. The molecule has 342 valence electrons. The minimum atomic E-state index is -4.13. The SMILES string of the molecule is CCCCCCCCCCCCCCCCCCN1C(C(C(=O)Nc2cc(C)ccc2OCCCOc2ccc(OC)cc2)n2cnc(C(=O)OC)c2)=Nc2ccccc2S1(=O)=O. The molecule has 0 bridgehead atoms. The van der Waals surface area contributed by atoms with Crippen LogP contribution in [0.3, 0.4) is 0 Å². The Kier molecular flexibility index (Phi) is 19.8. The Morgan fingerprint density at radius 2 is 1.33 bits per heavy atom. The quantitative estimate of drug-likeness (QED) is 0.0415. The van der Waals surface area contributed by atoms with Crippen molar-refractivity contribution in [1.29, 1.82) is 0 Å². The second-order valence-electron chi connectivity index (χ2n) is 16.1. The van der Waals surface area contributed by atoms with Gasteiger partial charge in [-0.05, 0) is 67.4 Å². The van der Waals surface area contributed by atoms with Crippen molar-refractivity contribution in [3.05, 3.63) is 90.5 Å². The van der Waals surface area contributed by atoms with Crippen LogP contribution in [0, 0.1) is 6.92 Å². The van der Waals surface area contributed by atoms with Crippen LogP contribution >= 0.6 is 0 Å². The molecule has 1 amide bonds. The van der Waals surface area contributed by atoms with Crippen molar-refractivity contribution in [2.45, 2.75) is 134 Å². The molecule has 13 nitrogen and oxygen atoms in total. The summed E-state index contributed by atoms with van der Waals surface area (Å²) in [6.45, 7) is 4.97. The van der Waals surface area contributed by atoms with Gasteiger partial charge in [0.05, 0.1) is 45.1 Å². The van der Waals surface area contributed by atoms with Crippen LogP contribution < -0.4 is 19.5 Å². The second kappa shape index (κ2) is 25.7. The van der Waals surface area contributed by atoms with Crippen LogP contribution in [0.4, 0.5) is 11.4 Å². The molecular weight excluding hydrogens is 819 g/mol. The molecule has 0 fully saturated rings. The average molecular weight is 886 g/mol. The molecule has 14 heteroatoms. The lowest BCUT2D eigenvalue weighted by Crippen LogP contribution is -2.47. The lowest BCUT2D eigenvalue weighted by atomic mass is 10.0. The number of nitrogens with zero attached hydrogens (tertiary/aromatic N) is 4. The molecule has 1 aliphatic heterocycles. The summed E-state index contributed by atoms with van der Waals surface area (Å²) in [6, 6.07) is 17.9. The van der Waals surface area contributed by atoms with Crippen molar-refractivity contribution >= 4 is 39.1 Å². The van der Waals surface area contributed by atoms with Gasteiger partial charge in [0.1, 0.15) is 22.1 Å². The van der Waals surface area contributed by atoms with Gasteiger partial charge in [-0.1, -0.05) is 121 Å². The third kappa shape index (κ3) is 14.6. The topological polar surface area (TPSA) is 151 Å². The summed E-state index contributed by atoms with van der Waals surface area (Å²) >= 11 is 0. The van der Waals surface area contributed by atoms with Gasteiger partial charge in [-0.2, -0.15) is 0 Å². The smallest absolute Gasteiger partial charge is 0.358 e. The number of aliphatic imine (C=N–C) groups is 1. The molecule has 1 unspecified atom stereocenters. The van der Waals surface area contributed by atoms with Crippen LogP contribution in [0.5, 0.6) is 17.2 Å². The number of imidazole rings is 1. The number of ether oxygens (including phenoxy) is 4. The highest BCUT2D eigenvalue weighted by Crippen LogP contribution is 2.36. The highest BCUT2D eigenvalue weighted by molar-refractivity contribution is 7.90. The van der Waals surface area contributed by atoms with Gasteiger partial charge in [-0.25, -0.2) is 23.2 Å². The largest absolute Gasteiger partial charge is 0.497 e. The zero-order valence-corrected chi connectivity index (χ0v) is 38.5. The molecule has 1 aromatic heterocycles. The number of methoxy groups -OCH3 is 2. The zero-order chi connectivity index (χ0) is 44.9. The number of hydrogen-bond donors (Lipinski definition) is 1. The van der Waals surface area contributed by atoms with Crippen LogP contribution in [0.2, 0.25) is 0 Å². The van der Waals surface area contributed by atoms with Crippen LogP contribution in [0.25, 0.3) is 0 Å². The Morgan fingerprint density at radius 1 is 0.730 bits per heavy atom. The highest BCUT2D eigenvalue weighted by Gasteiger charge is 2.41. The molecule has 0 aliphatic carbocycles. The van der Waals surface area contributed by atoms with E-state index in [1.54, 1.807) is 37.4 Å². The number of para-hydroxylation sites is 1. The number of carbonyl (C=O) groups is 2. The van der Waals surface area contributed by atoms with E-state index < -0.39 is 27.9 Å². The first-order chi connectivity index (χ1) is 30.7. The fourth-order valence-electron chi connectivity index (χ4n) is 7.67. The molecule has 63 heavy (non-hydrogen) atoms. The van der Waals surface area contributed by atoms with Crippen LogP contribution in [0.1, 0.15) is 138 Å². The highest BCUT2D eigenvalue weighted by atomic mass is 32.2. The number of carbonyl (C=O) groups excluding carboxylic acids is 2. The Bertz CT molecular complexity index is 2170. The molecule has 0 saturated heterocycles. The number of sulfonamides is 1. The third-order valence-electron chi connectivity index (χ3n) is 11.2. The van der Waals surface area contributed by atoms with Gasteiger partial charge in [0, 0.05) is 19.2 Å². The van der Waals surface area contributed by atoms with Gasteiger partial charge in [0.15, 0.2) is 17.6 Å². The van der Waals surface area contributed by atoms with Crippen molar-refractivity contribution in [2.24, 2.45) is 4.99 Å². The number of amides is 1. The summed E-state index contributed by atoms with van der Waals surface area (Å²) in [4.78, 5) is 36.4. The maximum atomic E-state index is 14.7. The predicted octanol–water partition coefficient (Wildman–Crippen LogP) is 11.0. The number of hydrogen-bond acceptors (Lipinski definition) is 10. The predicted molar refractivity (Wildman–Crippen MR) is 248 cm³/mol. The normalized spacial score (nSPS) is 13.5. The third-order valence-corrected chi connectivity index (χ3v) is 13.0. The van der Waals surface area contributed by atoms with Crippen molar-refractivity contribution in [3.63, 3.8) is 0 Å². The number of aryl methyl sites for hydroxylation is 1. The van der Waals surface area contributed by atoms with E-state index in [0.29, 0.717) is 43.2 Å². The first-order valence-corrected chi connectivity index (χ1v) is 24.2.